The van der Waals surface area contributed by atoms with Gasteiger partial charge < -0.3 is 19.4 Å². The van der Waals surface area contributed by atoms with Crippen molar-refractivity contribution >= 4 is 23.0 Å². The number of nitrogens with zero attached hydrogens (tertiary/aromatic N) is 3. The number of nitro groups is 1. The van der Waals surface area contributed by atoms with E-state index in [2.05, 4.69) is 22.2 Å². The van der Waals surface area contributed by atoms with Gasteiger partial charge in [-0.05, 0) is 49.4 Å². The van der Waals surface area contributed by atoms with Crippen LogP contribution in [0.15, 0.2) is 65.5 Å². The Bertz CT molecular complexity index is 1140. The average molecular weight is 465 g/mol. The number of nitrogens with one attached hydrogen (secondary N) is 1. The lowest BCUT2D eigenvalue weighted by Crippen LogP contribution is -2.48. The van der Waals surface area contributed by atoms with Crippen molar-refractivity contribution in [2.45, 2.75) is 13.0 Å². The third-order valence-corrected chi connectivity index (χ3v) is 5.94. The molecule has 2 heterocycles. The van der Waals surface area contributed by atoms with Crippen LogP contribution >= 0.6 is 0 Å². The first-order chi connectivity index (χ1) is 16.5. The highest BCUT2D eigenvalue weighted by atomic mass is 16.6. The number of piperazine rings is 1. The number of likely N-dealkylation sites (N-methyl/N-ethyl adjacent to an activating group) is 1. The summed E-state index contributed by atoms with van der Waals surface area (Å²) in [4.78, 5) is 28.6. The third-order valence-electron chi connectivity index (χ3n) is 5.94. The predicted octanol–water partition coefficient (Wildman–Crippen LogP) is 4.45. The Hall–Kier alpha value is -3.69. The Balaban J connectivity index is 1.62. The second-order valence-electron chi connectivity index (χ2n) is 8.25. The van der Waals surface area contributed by atoms with Crippen molar-refractivity contribution in [3.05, 3.63) is 76.7 Å². The fourth-order valence-electron chi connectivity index (χ4n) is 4.14. The molecule has 9 heteroatoms. The standard InChI is InChI=1S/C25H28N4O5/c1-3-34-25(30)24(28-12-10-27(2)11-13-28)19-5-4-6-21(15-19)26-22-8-7-18(16-23(22)29(31)32)20-9-14-33-17-20/h4-9,14-17,24,26H,3,10-13H2,1-2H3. The number of hydrogen-bond donors (Lipinski definition) is 1. The molecule has 1 fully saturated rings. The zero-order valence-electron chi connectivity index (χ0n) is 19.3. The maximum Gasteiger partial charge on any atom is 0.328 e. The zero-order valence-corrected chi connectivity index (χ0v) is 19.3. The van der Waals surface area contributed by atoms with Crippen LogP contribution in [-0.2, 0) is 9.53 Å². The molecule has 1 N–H and O–H groups in total. The van der Waals surface area contributed by atoms with Gasteiger partial charge in [0.05, 0.1) is 24.1 Å². The normalized spacial score (nSPS) is 15.6. The van der Waals surface area contributed by atoms with Crippen LogP contribution in [0.2, 0.25) is 0 Å². The Labute approximate surface area is 198 Å². The molecule has 0 radical (unpaired) electrons. The summed E-state index contributed by atoms with van der Waals surface area (Å²) >= 11 is 0. The van der Waals surface area contributed by atoms with E-state index in [1.807, 2.05) is 24.3 Å². The summed E-state index contributed by atoms with van der Waals surface area (Å²) in [5, 5.41) is 14.9. The van der Waals surface area contributed by atoms with E-state index in [0.717, 1.165) is 37.3 Å². The summed E-state index contributed by atoms with van der Waals surface area (Å²) in [5.41, 5.74) is 3.20. The zero-order chi connectivity index (χ0) is 24.1. The van der Waals surface area contributed by atoms with Gasteiger partial charge >= 0.3 is 5.97 Å². The number of ether oxygens (including phenoxy) is 1. The molecule has 0 bridgehead atoms. The van der Waals surface area contributed by atoms with Gasteiger partial charge in [0.2, 0.25) is 0 Å². The first kappa shape index (κ1) is 23.5. The van der Waals surface area contributed by atoms with E-state index < -0.39 is 11.0 Å². The van der Waals surface area contributed by atoms with Crippen LogP contribution in [0.4, 0.5) is 17.1 Å². The van der Waals surface area contributed by atoms with Crippen molar-refractivity contribution in [3.63, 3.8) is 0 Å². The second-order valence-corrected chi connectivity index (χ2v) is 8.25. The molecule has 1 aliphatic rings. The minimum Gasteiger partial charge on any atom is -0.472 e. The van der Waals surface area contributed by atoms with Crippen LogP contribution in [0.1, 0.15) is 18.5 Å². The highest BCUT2D eigenvalue weighted by Crippen LogP contribution is 2.34. The Kier molecular flexibility index (Phi) is 7.24. The van der Waals surface area contributed by atoms with Crippen molar-refractivity contribution in [2.24, 2.45) is 0 Å². The Morgan fingerprint density at radius 3 is 2.62 bits per heavy atom. The molecular weight excluding hydrogens is 436 g/mol. The van der Waals surface area contributed by atoms with Crippen molar-refractivity contribution in [1.82, 2.24) is 9.80 Å². The molecule has 178 valence electrons. The van der Waals surface area contributed by atoms with Gasteiger partial charge in [-0.1, -0.05) is 18.2 Å². The number of esters is 1. The molecule has 2 aromatic carbocycles. The van der Waals surface area contributed by atoms with Gasteiger partial charge in [0.25, 0.3) is 5.69 Å². The lowest BCUT2D eigenvalue weighted by molar-refractivity contribution is -0.383. The van der Waals surface area contributed by atoms with Crippen LogP contribution in [0.25, 0.3) is 11.1 Å². The molecule has 0 aliphatic carbocycles. The molecule has 0 amide bonds. The summed E-state index contributed by atoms with van der Waals surface area (Å²) in [6.07, 6.45) is 3.07. The van der Waals surface area contributed by atoms with Crippen LogP contribution in [0, 0.1) is 10.1 Å². The molecule has 1 unspecified atom stereocenters. The number of carbonyl (C=O) groups excluding carboxylic acids is 1. The van der Waals surface area contributed by atoms with E-state index >= 15 is 0 Å². The van der Waals surface area contributed by atoms with Gasteiger partial charge in [-0.2, -0.15) is 0 Å². The first-order valence-corrected chi connectivity index (χ1v) is 11.2. The molecule has 34 heavy (non-hydrogen) atoms. The van der Waals surface area contributed by atoms with E-state index in [9.17, 15) is 14.9 Å². The lowest BCUT2D eigenvalue weighted by atomic mass is 10.0. The van der Waals surface area contributed by atoms with Crippen LogP contribution in [-0.4, -0.2) is 60.5 Å². The van der Waals surface area contributed by atoms with Crippen LogP contribution in [0.5, 0.6) is 0 Å². The quantitative estimate of drug-likeness (QED) is 0.296. The molecule has 9 nitrogen and oxygen atoms in total. The highest BCUT2D eigenvalue weighted by molar-refractivity contribution is 5.79. The molecule has 4 rings (SSSR count). The monoisotopic (exact) mass is 464 g/mol. The van der Waals surface area contributed by atoms with E-state index in [4.69, 9.17) is 9.15 Å². The summed E-state index contributed by atoms with van der Waals surface area (Å²) < 4.78 is 10.5. The molecule has 1 aliphatic heterocycles. The van der Waals surface area contributed by atoms with Gasteiger partial charge in [-0.3, -0.25) is 15.0 Å². The molecule has 3 aromatic rings. The Morgan fingerprint density at radius 1 is 1.15 bits per heavy atom. The molecule has 0 saturated carbocycles. The second kappa shape index (κ2) is 10.5. The summed E-state index contributed by atoms with van der Waals surface area (Å²) in [6.45, 7) is 5.32. The van der Waals surface area contributed by atoms with Crippen molar-refractivity contribution in [2.75, 3.05) is 45.2 Å². The average Bonchev–Trinajstić information content (AvgIpc) is 3.36. The molecular formula is C25H28N4O5. The number of anilines is 2. The van der Waals surface area contributed by atoms with Crippen molar-refractivity contribution in [3.8, 4) is 11.1 Å². The highest BCUT2D eigenvalue weighted by Gasteiger charge is 2.31. The van der Waals surface area contributed by atoms with Gasteiger partial charge in [0.15, 0.2) is 0 Å². The summed E-state index contributed by atoms with van der Waals surface area (Å²) in [7, 11) is 2.06. The van der Waals surface area contributed by atoms with Gasteiger partial charge in [0, 0.05) is 43.5 Å². The van der Waals surface area contributed by atoms with Crippen LogP contribution < -0.4 is 5.32 Å². The number of rotatable bonds is 8. The van der Waals surface area contributed by atoms with E-state index in [1.54, 1.807) is 31.4 Å². The van der Waals surface area contributed by atoms with Crippen LogP contribution in [0.3, 0.4) is 0 Å². The van der Waals surface area contributed by atoms with E-state index in [1.165, 1.54) is 12.3 Å². The fraction of sp³-hybridized carbons (Fsp3) is 0.320. The predicted molar refractivity (Wildman–Crippen MR) is 129 cm³/mol. The number of furan rings is 1. The number of nitro benzene ring substituents is 1. The van der Waals surface area contributed by atoms with Gasteiger partial charge in [0.1, 0.15) is 11.7 Å². The van der Waals surface area contributed by atoms with Gasteiger partial charge in [-0.15, -0.1) is 0 Å². The maximum absolute atomic E-state index is 12.9. The minimum absolute atomic E-state index is 0.0508. The smallest absolute Gasteiger partial charge is 0.328 e. The fourth-order valence-corrected chi connectivity index (χ4v) is 4.14. The van der Waals surface area contributed by atoms with Crippen molar-refractivity contribution in [1.29, 1.82) is 0 Å². The molecule has 1 atom stereocenters. The third kappa shape index (κ3) is 5.27. The van der Waals surface area contributed by atoms with Gasteiger partial charge in [-0.25, -0.2) is 4.79 Å². The van der Waals surface area contributed by atoms with Crippen molar-refractivity contribution < 1.29 is 18.9 Å². The minimum atomic E-state index is -0.533. The first-order valence-electron chi connectivity index (χ1n) is 11.2. The number of hydrogen-bond acceptors (Lipinski definition) is 8. The number of carbonyl (C=O) groups is 1. The SMILES string of the molecule is CCOC(=O)C(c1cccc(Nc2ccc(-c3ccoc3)cc2[N+](=O)[O-])c1)N1CCN(C)CC1. The maximum atomic E-state index is 12.9. The number of benzene rings is 2. The summed E-state index contributed by atoms with van der Waals surface area (Å²) in [5.74, 6) is -0.292. The summed E-state index contributed by atoms with van der Waals surface area (Å²) in [6, 6.07) is 13.6. The molecule has 1 saturated heterocycles. The lowest BCUT2D eigenvalue weighted by Gasteiger charge is -2.37. The topological polar surface area (TPSA) is 101 Å². The Morgan fingerprint density at radius 2 is 1.94 bits per heavy atom. The largest absolute Gasteiger partial charge is 0.472 e. The van der Waals surface area contributed by atoms with E-state index in [-0.39, 0.29) is 11.7 Å². The van der Waals surface area contributed by atoms with E-state index in [0.29, 0.717) is 23.5 Å². The molecule has 1 aromatic heterocycles. The molecule has 0 spiro atoms.